The number of halogens is 1. The third-order valence-corrected chi connectivity index (χ3v) is 3.12. The lowest BCUT2D eigenvalue weighted by Gasteiger charge is -2.24. The van der Waals surface area contributed by atoms with Crippen LogP contribution in [0.2, 0.25) is 0 Å². The number of rotatable bonds is 3. The molecule has 0 aromatic carbocycles. The summed E-state index contributed by atoms with van der Waals surface area (Å²) in [6.45, 7) is 9.61. The lowest BCUT2D eigenvalue weighted by atomic mass is 10.1. The minimum atomic E-state index is -0.322. The van der Waals surface area contributed by atoms with Crippen molar-refractivity contribution in [3.05, 3.63) is 22.3 Å². The van der Waals surface area contributed by atoms with Crippen LogP contribution in [0.1, 0.15) is 33.4 Å². The molecular weight excluding hydrogens is 294 g/mol. The van der Waals surface area contributed by atoms with Crippen molar-refractivity contribution in [1.82, 2.24) is 10.3 Å². The smallest absolute Gasteiger partial charge is 0.242 e. The van der Waals surface area contributed by atoms with Crippen molar-refractivity contribution >= 4 is 27.7 Å². The Kier molecular flexibility index (Phi) is 4.73. The summed E-state index contributed by atoms with van der Waals surface area (Å²) in [7, 11) is 0. The molecule has 2 N–H and O–H groups in total. The van der Waals surface area contributed by atoms with Gasteiger partial charge in [-0.1, -0.05) is 0 Å². The number of nitrogens with one attached hydrogen (secondary N) is 2. The first-order valence-electron chi connectivity index (χ1n) is 5.91. The number of aromatic nitrogens is 1. The molecule has 4 nitrogen and oxygen atoms in total. The van der Waals surface area contributed by atoms with Crippen molar-refractivity contribution in [2.45, 2.75) is 46.2 Å². The van der Waals surface area contributed by atoms with Gasteiger partial charge in [-0.15, -0.1) is 0 Å². The quantitative estimate of drug-likeness (QED) is 0.902. The van der Waals surface area contributed by atoms with E-state index in [9.17, 15) is 4.79 Å². The summed E-state index contributed by atoms with van der Waals surface area (Å²) in [6.07, 6.45) is 0. The molecule has 0 spiro atoms. The van der Waals surface area contributed by atoms with Crippen LogP contribution in [0.4, 0.5) is 5.82 Å². The van der Waals surface area contributed by atoms with E-state index < -0.39 is 0 Å². The SMILES string of the molecule is Cc1nc(NC(C)C(=O)NC(C)(C)C)ccc1Br. The molecule has 0 aliphatic heterocycles. The topological polar surface area (TPSA) is 54.0 Å². The van der Waals surface area contributed by atoms with Crippen molar-refractivity contribution in [2.75, 3.05) is 5.32 Å². The van der Waals surface area contributed by atoms with Crippen LogP contribution >= 0.6 is 15.9 Å². The summed E-state index contributed by atoms with van der Waals surface area (Å²) in [5.74, 6) is 0.664. The third-order valence-electron chi connectivity index (χ3n) is 2.28. The van der Waals surface area contributed by atoms with E-state index in [0.29, 0.717) is 5.82 Å². The minimum absolute atomic E-state index is 0.0372. The number of pyridine rings is 1. The van der Waals surface area contributed by atoms with Gasteiger partial charge in [0.1, 0.15) is 11.9 Å². The molecule has 0 bridgehead atoms. The van der Waals surface area contributed by atoms with Gasteiger partial charge in [0.15, 0.2) is 0 Å². The maximum Gasteiger partial charge on any atom is 0.242 e. The molecule has 100 valence electrons. The van der Waals surface area contributed by atoms with Crippen LogP contribution in [0, 0.1) is 6.92 Å². The van der Waals surface area contributed by atoms with Crippen LogP contribution in [0.3, 0.4) is 0 Å². The number of hydrogen-bond donors (Lipinski definition) is 2. The zero-order valence-electron chi connectivity index (χ0n) is 11.5. The molecule has 1 rings (SSSR count). The van der Waals surface area contributed by atoms with Gasteiger partial charge in [0.2, 0.25) is 5.91 Å². The molecule has 1 atom stereocenters. The van der Waals surface area contributed by atoms with E-state index in [1.165, 1.54) is 0 Å². The first kappa shape index (κ1) is 15.0. The summed E-state index contributed by atoms with van der Waals surface area (Å²) >= 11 is 3.39. The number of hydrogen-bond acceptors (Lipinski definition) is 3. The predicted molar refractivity (Wildman–Crippen MR) is 77.7 cm³/mol. The standard InChI is InChI=1S/C13H20BrN3O/c1-8-10(14)6-7-11(15-8)16-9(2)12(18)17-13(3,4)5/h6-7,9H,1-5H3,(H,15,16)(H,17,18). The fourth-order valence-electron chi connectivity index (χ4n) is 1.39. The Hall–Kier alpha value is -1.10. The molecule has 1 aromatic heterocycles. The maximum absolute atomic E-state index is 11.9. The normalized spacial score (nSPS) is 13.0. The molecule has 18 heavy (non-hydrogen) atoms. The Bertz CT molecular complexity index is 440. The van der Waals surface area contributed by atoms with E-state index in [1.807, 2.05) is 46.8 Å². The third kappa shape index (κ3) is 4.64. The number of carbonyl (C=O) groups excluding carboxylic acids is 1. The molecular formula is C13H20BrN3O. The average Bonchev–Trinajstić information content (AvgIpc) is 2.21. The van der Waals surface area contributed by atoms with Gasteiger partial charge >= 0.3 is 0 Å². The van der Waals surface area contributed by atoms with Gasteiger partial charge in [-0.3, -0.25) is 4.79 Å². The second-order valence-electron chi connectivity index (χ2n) is 5.37. The van der Waals surface area contributed by atoms with Gasteiger partial charge in [0.25, 0.3) is 0 Å². The molecule has 1 heterocycles. The fourth-order valence-corrected chi connectivity index (χ4v) is 1.61. The molecule has 1 aromatic rings. The average molecular weight is 314 g/mol. The van der Waals surface area contributed by atoms with Crippen molar-refractivity contribution in [3.63, 3.8) is 0 Å². The van der Waals surface area contributed by atoms with Gasteiger partial charge in [0, 0.05) is 10.0 Å². The molecule has 0 radical (unpaired) electrons. The van der Waals surface area contributed by atoms with Crippen LogP contribution in [0.25, 0.3) is 0 Å². The summed E-state index contributed by atoms with van der Waals surface area (Å²) in [4.78, 5) is 16.3. The number of anilines is 1. The van der Waals surface area contributed by atoms with Crippen LogP contribution in [0.15, 0.2) is 16.6 Å². The molecule has 0 aliphatic rings. The highest BCUT2D eigenvalue weighted by atomic mass is 79.9. The number of carbonyl (C=O) groups is 1. The highest BCUT2D eigenvalue weighted by Gasteiger charge is 2.19. The predicted octanol–water partition coefficient (Wildman–Crippen LogP) is 2.87. The van der Waals surface area contributed by atoms with E-state index in [0.717, 1.165) is 10.2 Å². The van der Waals surface area contributed by atoms with E-state index in [2.05, 4.69) is 31.5 Å². The summed E-state index contributed by atoms with van der Waals surface area (Å²) < 4.78 is 0.958. The van der Waals surface area contributed by atoms with Crippen molar-refractivity contribution < 1.29 is 4.79 Å². The summed E-state index contributed by atoms with van der Waals surface area (Å²) in [5.41, 5.74) is 0.666. The second-order valence-corrected chi connectivity index (χ2v) is 6.22. The van der Waals surface area contributed by atoms with Gasteiger partial charge < -0.3 is 10.6 Å². The number of nitrogens with zero attached hydrogens (tertiary/aromatic N) is 1. The van der Waals surface area contributed by atoms with Crippen molar-refractivity contribution in [2.24, 2.45) is 0 Å². The van der Waals surface area contributed by atoms with Gasteiger partial charge in [-0.2, -0.15) is 0 Å². The molecule has 0 saturated heterocycles. The van der Waals surface area contributed by atoms with Crippen molar-refractivity contribution in [1.29, 1.82) is 0 Å². The Balaban J connectivity index is 2.66. The first-order chi connectivity index (χ1) is 8.19. The van der Waals surface area contributed by atoms with Crippen LogP contribution < -0.4 is 10.6 Å². The summed E-state index contributed by atoms with van der Waals surface area (Å²) in [5, 5.41) is 6.01. The zero-order valence-corrected chi connectivity index (χ0v) is 13.1. The monoisotopic (exact) mass is 313 g/mol. The number of aryl methyl sites for hydroxylation is 1. The Labute approximate surface area is 117 Å². The van der Waals surface area contributed by atoms with E-state index in [4.69, 9.17) is 0 Å². The molecule has 0 saturated carbocycles. The lowest BCUT2D eigenvalue weighted by Crippen LogP contribution is -2.47. The Morgan fingerprint density at radius 3 is 2.50 bits per heavy atom. The van der Waals surface area contributed by atoms with Crippen LogP contribution in [-0.2, 0) is 4.79 Å². The maximum atomic E-state index is 11.9. The summed E-state index contributed by atoms with van der Waals surface area (Å²) in [6, 6.07) is 3.44. The van der Waals surface area contributed by atoms with Crippen LogP contribution in [-0.4, -0.2) is 22.5 Å². The van der Waals surface area contributed by atoms with Gasteiger partial charge in [0.05, 0.1) is 5.69 Å². The van der Waals surface area contributed by atoms with Crippen molar-refractivity contribution in [3.8, 4) is 0 Å². The zero-order chi connectivity index (χ0) is 13.9. The Morgan fingerprint density at radius 2 is 2.00 bits per heavy atom. The highest BCUT2D eigenvalue weighted by Crippen LogP contribution is 2.16. The Morgan fingerprint density at radius 1 is 1.39 bits per heavy atom. The first-order valence-corrected chi connectivity index (χ1v) is 6.70. The molecule has 1 unspecified atom stereocenters. The largest absolute Gasteiger partial charge is 0.359 e. The van der Waals surface area contributed by atoms with Crippen LogP contribution in [0.5, 0.6) is 0 Å². The van der Waals surface area contributed by atoms with E-state index in [1.54, 1.807) is 0 Å². The number of amides is 1. The highest BCUT2D eigenvalue weighted by molar-refractivity contribution is 9.10. The van der Waals surface area contributed by atoms with Gasteiger partial charge in [-0.05, 0) is 62.7 Å². The minimum Gasteiger partial charge on any atom is -0.359 e. The molecule has 0 fully saturated rings. The van der Waals surface area contributed by atoms with E-state index in [-0.39, 0.29) is 17.5 Å². The molecule has 5 heteroatoms. The second kappa shape index (κ2) is 5.69. The van der Waals surface area contributed by atoms with Gasteiger partial charge in [-0.25, -0.2) is 4.98 Å². The van der Waals surface area contributed by atoms with E-state index >= 15 is 0 Å². The lowest BCUT2D eigenvalue weighted by molar-refractivity contribution is -0.122. The fraction of sp³-hybridized carbons (Fsp3) is 0.538. The molecule has 1 amide bonds. The molecule has 0 aliphatic carbocycles.